The minimum absolute atomic E-state index is 0.0872. The van der Waals surface area contributed by atoms with Crippen molar-refractivity contribution < 1.29 is 27.8 Å². The molecule has 4 rings (SSSR count). The van der Waals surface area contributed by atoms with Crippen molar-refractivity contribution in [1.29, 1.82) is 0 Å². The number of ether oxygens (including phenoxy) is 1. The molecule has 214 valence electrons. The minimum atomic E-state index is -3.31. The number of rotatable bonds is 12. The van der Waals surface area contributed by atoms with Gasteiger partial charge >= 0.3 is 5.97 Å². The number of likely N-dealkylation sites (N-methyl/N-ethyl adjacent to an activating group) is 1. The van der Waals surface area contributed by atoms with Crippen molar-refractivity contribution in [3.63, 3.8) is 0 Å². The van der Waals surface area contributed by atoms with E-state index < -0.39 is 29.3 Å². The van der Waals surface area contributed by atoms with Crippen LogP contribution in [-0.2, 0) is 23.6 Å². The van der Waals surface area contributed by atoms with Crippen LogP contribution in [0.4, 0.5) is 19.0 Å². The highest BCUT2D eigenvalue weighted by atomic mass is 19.3. The zero-order valence-corrected chi connectivity index (χ0v) is 23.0. The number of benzene rings is 1. The van der Waals surface area contributed by atoms with E-state index in [4.69, 9.17) is 9.72 Å². The Morgan fingerprint density at radius 1 is 1.31 bits per heavy atom. The molecule has 2 aromatic rings. The van der Waals surface area contributed by atoms with Crippen LogP contribution in [0, 0.1) is 5.82 Å². The molecule has 7 nitrogen and oxygen atoms in total. The maximum Gasteiger partial charge on any atom is 0.325 e. The summed E-state index contributed by atoms with van der Waals surface area (Å²) in [6, 6.07) is 4.91. The van der Waals surface area contributed by atoms with Crippen molar-refractivity contribution >= 4 is 11.8 Å². The lowest BCUT2D eigenvalue weighted by atomic mass is 9.98. The molecule has 0 saturated carbocycles. The number of alkyl halides is 2. The molecule has 0 aliphatic carbocycles. The van der Waals surface area contributed by atoms with Crippen LogP contribution in [-0.4, -0.2) is 72.2 Å². The smallest absolute Gasteiger partial charge is 0.325 e. The number of aromatic nitrogens is 1. The number of halogens is 3. The Morgan fingerprint density at radius 3 is 2.82 bits per heavy atom. The third-order valence-corrected chi connectivity index (χ3v) is 7.89. The van der Waals surface area contributed by atoms with Gasteiger partial charge in [-0.3, -0.25) is 9.69 Å². The number of unbranched alkanes of at least 4 members (excludes halogenated alkanes) is 2. The van der Waals surface area contributed by atoms with Gasteiger partial charge in [-0.25, -0.2) is 18.2 Å². The molecule has 0 spiro atoms. The number of nitrogens with zero attached hydrogens (tertiary/aromatic N) is 3. The van der Waals surface area contributed by atoms with Crippen molar-refractivity contribution in [1.82, 2.24) is 14.8 Å². The summed E-state index contributed by atoms with van der Waals surface area (Å²) in [5, 5.41) is 13.4. The maximum atomic E-state index is 14.7. The fourth-order valence-electron chi connectivity index (χ4n) is 5.67. The molecule has 1 aromatic heterocycles. The lowest BCUT2D eigenvalue weighted by Crippen LogP contribution is -2.38. The molecule has 39 heavy (non-hydrogen) atoms. The number of aryl methyl sites for hydroxylation is 2. The molecule has 0 bridgehead atoms. The van der Waals surface area contributed by atoms with Crippen LogP contribution < -0.4 is 10.1 Å². The quantitative estimate of drug-likeness (QED) is 0.351. The number of carbonyl (C=O) groups is 1. The number of hydrogen-bond acceptors (Lipinski definition) is 6. The lowest BCUT2D eigenvalue weighted by Gasteiger charge is -2.29. The maximum absolute atomic E-state index is 14.7. The van der Waals surface area contributed by atoms with E-state index >= 15 is 0 Å². The van der Waals surface area contributed by atoms with Crippen LogP contribution in [0.2, 0.25) is 0 Å². The van der Waals surface area contributed by atoms with E-state index in [1.165, 1.54) is 12.7 Å². The van der Waals surface area contributed by atoms with Gasteiger partial charge in [0.15, 0.2) is 11.6 Å². The summed E-state index contributed by atoms with van der Waals surface area (Å²) in [5.41, 5.74) is 1.74. The average Bonchev–Trinajstić information content (AvgIpc) is 3.37. The summed E-state index contributed by atoms with van der Waals surface area (Å²) in [6.07, 6.45) is 7.01. The van der Waals surface area contributed by atoms with E-state index in [9.17, 15) is 23.1 Å². The Balaban J connectivity index is 1.31. The van der Waals surface area contributed by atoms with Crippen LogP contribution in [0.15, 0.2) is 24.3 Å². The van der Waals surface area contributed by atoms with Gasteiger partial charge < -0.3 is 20.1 Å². The van der Waals surface area contributed by atoms with Crippen LogP contribution in [0.1, 0.15) is 67.5 Å². The summed E-state index contributed by atoms with van der Waals surface area (Å²) < 4.78 is 47.8. The molecular formula is C29H39F3N4O3. The first-order chi connectivity index (χ1) is 18.6. The second-order valence-electron chi connectivity index (χ2n) is 10.8. The molecule has 0 radical (unpaired) electrons. The van der Waals surface area contributed by atoms with Gasteiger partial charge in [-0.15, -0.1) is 0 Å². The number of nitrogens with one attached hydrogen (secondary N) is 1. The molecule has 2 atom stereocenters. The van der Waals surface area contributed by atoms with Crippen molar-refractivity contribution in [2.45, 2.75) is 69.9 Å². The number of fused-ring (bicyclic) bond motifs is 1. The SMILES string of the molecule is COc1c(F)cc(C(C)(F)F)cc1[C@H](C(=O)O)N1CC[C@@H](N(C)CCCCCc2ccc3c(n2)NCCC3)C1. The molecule has 1 fully saturated rings. The first-order valence-corrected chi connectivity index (χ1v) is 13.7. The fourth-order valence-corrected chi connectivity index (χ4v) is 5.67. The zero-order chi connectivity index (χ0) is 28.2. The average molecular weight is 549 g/mol. The van der Waals surface area contributed by atoms with E-state index in [0.717, 1.165) is 75.6 Å². The summed E-state index contributed by atoms with van der Waals surface area (Å²) in [4.78, 5) is 21.0. The molecule has 0 amide bonds. The second kappa shape index (κ2) is 12.6. The van der Waals surface area contributed by atoms with Gasteiger partial charge in [0.05, 0.1) is 7.11 Å². The molecule has 2 N–H and O–H groups in total. The van der Waals surface area contributed by atoms with Gasteiger partial charge in [-0.1, -0.05) is 12.5 Å². The van der Waals surface area contributed by atoms with Crippen molar-refractivity contribution in [2.24, 2.45) is 0 Å². The third kappa shape index (κ3) is 7.03. The van der Waals surface area contributed by atoms with E-state index in [1.807, 2.05) is 7.05 Å². The number of carboxylic acid groups (broad SMARTS) is 1. The largest absolute Gasteiger partial charge is 0.493 e. The molecule has 10 heteroatoms. The van der Waals surface area contributed by atoms with Gasteiger partial charge in [0.25, 0.3) is 5.92 Å². The highest BCUT2D eigenvalue weighted by Crippen LogP contribution is 2.39. The second-order valence-corrected chi connectivity index (χ2v) is 10.8. The molecule has 2 aliphatic heterocycles. The van der Waals surface area contributed by atoms with Gasteiger partial charge in [-0.05, 0) is 75.9 Å². The van der Waals surface area contributed by atoms with E-state index in [2.05, 4.69) is 22.3 Å². The summed E-state index contributed by atoms with van der Waals surface area (Å²) in [7, 11) is 3.24. The number of methoxy groups -OCH3 is 1. The van der Waals surface area contributed by atoms with Crippen molar-refractivity contribution in [3.8, 4) is 5.75 Å². The molecule has 0 unspecified atom stereocenters. The highest BCUT2D eigenvalue weighted by molar-refractivity contribution is 5.77. The summed E-state index contributed by atoms with van der Waals surface area (Å²) in [6.45, 7) is 3.41. The van der Waals surface area contributed by atoms with E-state index in [-0.39, 0.29) is 17.4 Å². The first-order valence-electron chi connectivity index (χ1n) is 13.7. The first kappa shape index (κ1) is 29.1. The Kier molecular flexibility index (Phi) is 9.38. The minimum Gasteiger partial charge on any atom is -0.493 e. The van der Waals surface area contributed by atoms with Gasteiger partial charge in [0.1, 0.15) is 11.9 Å². The van der Waals surface area contributed by atoms with Crippen molar-refractivity contribution in [3.05, 3.63) is 52.5 Å². The predicted molar refractivity (Wildman–Crippen MR) is 144 cm³/mol. The summed E-state index contributed by atoms with van der Waals surface area (Å²) in [5.74, 6) is -4.81. The van der Waals surface area contributed by atoms with E-state index in [1.54, 1.807) is 4.90 Å². The van der Waals surface area contributed by atoms with Gasteiger partial charge in [0, 0.05) is 49.4 Å². The standard InChI is InChI=1S/C29H39F3N4O3/c1-29(31,32)20-16-23(26(39-3)24(30)17-20)25(28(37)38)36-15-12-22(18-36)35(2)14-6-4-5-9-21-11-10-19-8-7-13-33-27(19)34-21/h10-11,16-17,22,25H,4-9,12-15,18H2,1-3H3,(H,33,34)(H,37,38)/t22-,25-/m1/s1. The number of hydrogen-bond donors (Lipinski definition) is 2. The molecule has 2 aliphatic rings. The summed E-state index contributed by atoms with van der Waals surface area (Å²) >= 11 is 0. The topological polar surface area (TPSA) is 77.9 Å². The van der Waals surface area contributed by atoms with Gasteiger partial charge in [0.2, 0.25) is 0 Å². The Bertz CT molecular complexity index is 1160. The Labute approximate surface area is 228 Å². The molecule has 3 heterocycles. The lowest BCUT2D eigenvalue weighted by molar-refractivity contribution is -0.143. The monoisotopic (exact) mass is 548 g/mol. The third-order valence-electron chi connectivity index (χ3n) is 7.89. The zero-order valence-electron chi connectivity index (χ0n) is 23.0. The molecular weight excluding hydrogens is 509 g/mol. The van der Waals surface area contributed by atoms with Crippen molar-refractivity contribution in [2.75, 3.05) is 45.7 Å². The van der Waals surface area contributed by atoms with Gasteiger partial charge in [-0.2, -0.15) is 0 Å². The Hall–Kier alpha value is -2.85. The van der Waals surface area contributed by atoms with Crippen LogP contribution >= 0.6 is 0 Å². The number of pyridine rings is 1. The Morgan fingerprint density at radius 2 is 2.10 bits per heavy atom. The highest BCUT2D eigenvalue weighted by Gasteiger charge is 2.38. The van der Waals surface area contributed by atoms with Crippen LogP contribution in [0.5, 0.6) is 5.75 Å². The number of aliphatic carboxylic acids is 1. The molecule has 1 aromatic carbocycles. The molecule has 1 saturated heterocycles. The normalized spacial score (nSPS) is 18.6. The predicted octanol–water partition coefficient (Wildman–Crippen LogP) is 5.24. The number of likely N-dealkylation sites (tertiary alicyclic amines) is 1. The number of carboxylic acids is 1. The van der Waals surface area contributed by atoms with Crippen LogP contribution in [0.25, 0.3) is 0 Å². The number of anilines is 1. The van der Waals surface area contributed by atoms with Crippen LogP contribution in [0.3, 0.4) is 0 Å². The fraction of sp³-hybridized carbons (Fsp3) is 0.586. The van der Waals surface area contributed by atoms with E-state index in [0.29, 0.717) is 26.1 Å².